The number of carbonyl (C=O) groups is 1. The zero-order valence-electron chi connectivity index (χ0n) is 13.5. The minimum absolute atomic E-state index is 0. The summed E-state index contributed by atoms with van der Waals surface area (Å²) in [5.74, 6) is 1.77. The first kappa shape index (κ1) is 17.9. The van der Waals surface area contributed by atoms with Gasteiger partial charge in [-0.05, 0) is 43.4 Å². The Morgan fingerprint density at radius 3 is 2.61 bits per heavy atom. The Bertz CT molecular complexity index is 529. The Balaban J connectivity index is 0.00000192. The highest BCUT2D eigenvalue weighted by Gasteiger charge is 2.24. The van der Waals surface area contributed by atoms with Crippen LogP contribution >= 0.6 is 12.4 Å². The van der Waals surface area contributed by atoms with Crippen molar-refractivity contribution in [1.82, 2.24) is 10.6 Å². The lowest BCUT2D eigenvalue weighted by molar-refractivity contribution is -0.126. The van der Waals surface area contributed by atoms with E-state index in [1.54, 1.807) is 7.11 Å². The maximum atomic E-state index is 11.9. The van der Waals surface area contributed by atoms with Crippen LogP contribution in [0.5, 0.6) is 11.5 Å². The molecule has 6 heteroatoms. The first-order valence-corrected chi connectivity index (χ1v) is 8.08. The van der Waals surface area contributed by atoms with Crippen molar-refractivity contribution in [3.8, 4) is 11.5 Å². The highest BCUT2D eigenvalue weighted by atomic mass is 35.5. The third-order valence-electron chi connectivity index (χ3n) is 4.44. The summed E-state index contributed by atoms with van der Waals surface area (Å²) in [4.78, 5) is 11.9. The SMILES string of the molecule is COc1ccc(CNC(=O)C2CNC2)cc1OC1CCCC1.Cl. The van der Waals surface area contributed by atoms with Gasteiger partial charge in [0.1, 0.15) is 0 Å². The number of benzene rings is 1. The summed E-state index contributed by atoms with van der Waals surface area (Å²) in [5.41, 5.74) is 1.04. The van der Waals surface area contributed by atoms with Gasteiger partial charge in [0.15, 0.2) is 11.5 Å². The molecule has 0 bridgehead atoms. The molecule has 3 rings (SSSR count). The lowest BCUT2D eigenvalue weighted by Gasteiger charge is -2.25. The van der Waals surface area contributed by atoms with E-state index in [2.05, 4.69) is 10.6 Å². The molecule has 1 saturated carbocycles. The van der Waals surface area contributed by atoms with Gasteiger partial charge in [0.05, 0.1) is 19.1 Å². The summed E-state index contributed by atoms with van der Waals surface area (Å²) in [7, 11) is 1.65. The topological polar surface area (TPSA) is 59.6 Å². The maximum Gasteiger partial charge on any atom is 0.225 e. The fraction of sp³-hybridized carbons (Fsp3) is 0.588. The second-order valence-corrected chi connectivity index (χ2v) is 6.08. The summed E-state index contributed by atoms with van der Waals surface area (Å²) >= 11 is 0. The molecule has 2 fully saturated rings. The van der Waals surface area contributed by atoms with E-state index >= 15 is 0 Å². The third kappa shape index (κ3) is 4.52. The molecule has 1 aliphatic heterocycles. The molecule has 2 N–H and O–H groups in total. The number of hydrogen-bond acceptors (Lipinski definition) is 4. The summed E-state index contributed by atoms with van der Waals surface area (Å²) in [5, 5.41) is 6.09. The maximum absolute atomic E-state index is 11.9. The third-order valence-corrected chi connectivity index (χ3v) is 4.44. The first-order valence-electron chi connectivity index (χ1n) is 8.08. The first-order chi connectivity index (χ1) is 10.8. The quantitative estimate of drug-likeness (QED) is 0.834. The van der Waals surface area contributed by atoms with Crippen LogP contribution in [0.25, 0.3) is 0 Å². The minimum Gasteiger partial charge on any atom is -0.493 e. The lowest BCUT2D eigenvalue weighted by atomic mass is 10.0. The number of hydrogen-bond donors (Lipinski definition) is 2. The van der Waals surface area contributed by atoms with Crippen LogP contribution in [0.4, 0.5) is 0 Å². The van der Waals surface area contributed by atoms with E-state index in [9.17, 15) is 4.79 Å². The van der Waals surface area contributed by atoms with Gasteiger partial charge < -0.3 is 20.1 Å². The molecule has 5 nitrogen and oxygen atoms in total. The Morgan fingerprint density at radius 2 is 2.00 bits per heavy atom. The molecule has 1 aliphatic carbocycles. The predicted octanol–water partition coefficient (Wildman–Crippen LogP) is 2.27. The van der Waals surface area contributed by atoms with E-state index < -0.39 is 0 Å². The average Bonchev–Trinajstić information content (AvgIpc) is 2.96. The van der Waals surface area contributed by atoms with Crippen molar-refractivity contribution in [3.05, 3.63) is 23.8 Å². The van der Waals surface area contributed by atoms with Crippen LogP contribution in [-0.2, 0) is 11.3 Å². The molecule has 2 aliphatic rings. The average molecular weight is 341 g/mol. The van der Waals surface area contributed by atoms with Gasteiger partial charge in [-0.3, -0.25) is 4.79 Å². The van der Waals surface area contributed by atoms with E-state index in [0.717, 1.165) is 43.0 Å². The Morgan fingerprint density at radius 1 is 1.26 bits per heavy atom. The molecule has 0 aromatic heterocycles. The van der Waals surface area contributed by atoms with Crippen LogP contribution in [0.1, 0.15) is 31.2 Å². The summed E-state index contributed by atoms with van der Waals surface area (Å²) in [6.07, 6.45) is 4.98. The monoisotopic (exact) mass is 340 g/mol. The highest BCUT2D eigenvalue weighted by molar-refractivity contribution is 5.85. The van der Waals surface area contributed by atoms with E-state index in [-0.39, 0.29) is 24.2 Å². The zero-order chi connectivity index (χ0) is 15.4. The Kier molecular flexibility index (Phi) is 6.54. The van der Waals surface area contributed by atoms with Crippen LogP contribution in [0.15, 0.2) is 18.2 Å². The molecule has 1 heterocycles. The largest absolute Gasteiger partial charge is 0.493 e. The molecular formula is C17H25ClN2O3. The summed E-state index contributed by atoms with van der Waals surface area (Å²) in [6.45, 7) is 2.09. The molecule has 1 saturated heterocycles. The smallest absolute Gasteiger partial charge is 0.225 e. The number of carbonyl (C=O) groups excluding carboxylic acids is 1. The summed E-state index contributed by atoms with van der Waals surface area (Å²) < 4.78 is 11.5. The van der Waals surface area contributed by atoms with Gasteiger partial charge in [0.25, 0.3) is 0 Å². The van der Waals surface area contributed by atoms with Gasteiger partial charge in [-0.25, -0.2) is 0 Å². The van der Waals surface area contributed by atoms with Crippen LogP contribution < -0.4 is 20.1 Å². The van der Waals surface area contributed by atoms with Crippen LogP contribution in [0.3, 0.4) is 0 Å². The second kappa shape index (κ2) is 8.41. The van der Waals surface area contributed by atoms with E-state index in [1.165, 1.54) is 12.8 Å². The fourth-order valence-electron chi connectivity index (χ4n) is 2.92. The number of ether oxygens (including phenoxy) is 2. The van der Waals surface area contributed by atoms with E-state index in [1.807, 2.05) is 18.2 Å². The summed E-state index contributed by atoms with van der Waals surface area (Å²) in [6, 6.07) is 5.87. The normalized spacial score (nSPS) is 18.0. The number of rotatable bonds is 6. The standard InChI is InChI=1S/C17H24N2O3.ClH/c1-21-15-7-6-12(9-19-17(20)13-10-18-11-13)8-16(15)22-14-4-2-3-5-14;/h6-8,13-14,18H,2-5,9-11H2,1H3,(H,19,20);1H. The van der Waals surface area contributed by atoms with Gasteiger partial charge in [-0.2, -0.15) is 0 Å². The number of amides is 1. The van der Waals surface area contributed by atoms with Gasteiger partial charge in [0, 0.05) is 19.6 Å². The number of halogens is 1. The molecular weight excluding hydrogens is 316 g/mol. The molecule has 0 radical (unpaired) electrons. The van der Waals surface area contributed by atoms with Gasteiger partial charge in [0.2, 0.25) is 5.91 Å². The molecule has 23 heavy (non-hydrogen) atoms. The van der Waals surface area contributed by atoms with Crippen molar-refractivity contribution >= 4 is 18.3 Å². The Labute approximate surface area is 143 Å². The van der Waals surface area contributed by atoms with Crippen molar-refractivity contribution in [2.24, 2.45) is 5.92 Å². The predicted molar refractivity (Wildman–Crippen MR) is 91.3 cm³/mol. The minimum atomic E-state index is 0. The van der Waals surface area contributed by atoms with Gasteiger partial charge in [-0.1, -0.05) is 6.07 Å². The van der Waals surface area contributed by atoms with Crippen molar-refractivity contribution in [3.63, 3.8) is 0 Å². The van der Waals surface area contributed by atoms with Crippen molar-refractivity contribution in [1.29, 1.82) is 0 Å². The van der Waals surface area contributed by atoms with Crippen LogP contribution in [0.2, 0.25) is 0 Å². The fourth-order valence-corrected chi connectivity index (χ4v) is 2.92. The van der Waals surface area contributed by atoms with E-state index in [0.29, 0.717) is 12.6 Å². The van der Waals surface area contributed by atoms with Crippen LogP contribution in [-0.4, -0.2) is 32.2 Å². The zero-order valence-corrected chi connectivity index (χ0v) is 14.3. The van der Waals surface area contributed by atoms with Gasteiger partial charge in [-0.15, -0.1) is 12.4 Å². The van der Waals surface area contributed by atoms with Crippen molar-refractivity contribution in [2.75, 3.05) is 20.2 Å². The number of methoxy groups -OCH3 is 1. The Hall–Kier alpha value is -1.46. The van der Waals surface area contributed by atoms with Crippen molar-refractivity contribution < 1.29 is 14.3 Å². The highest BCUT2D eigenvalue weighted by Crippen LogP contribution is 2.32. The second-order valence-electron chi connectivity index (χ2n) is 6.08. The van der Waals surface area contributed by atoms with Gasteiger partial charge >= 0.3 is 0 Å². The lowest BCUT2D eigenvalue weighted by Crippen LogP contribution is -2.50. The van der Waals surface area contributed by atoms with Crippen molar-refractivity contribution in [2.45, 2.75) is 38.3 Å². The molecule has 0 atom stereocenters. The number of nitrogens with one attached hydrogen (secondary N) is 2. The van der Waals surface area contributed by atoms with E-state index in [4.69, 9.17) is 9.47 Å². The molecule has 1 aromatic carbocycles. The molecule has 128 valence electrons. The van der Waals surface area contributed by atoms with Crippen LogP contribution in [0, 0.1) is 5.92 Å². The molecule has 1 amide bonds. The molecule has 1 aromatic rings. The molecule has 0 unspecified atom stereocenters. The molecule has 0 spiro atoms.